The van der Waals surface area contributed by atoms with Gasteiger partial charge in [-0.3, -0.25) is 19.5 Å². The highest BCUT2D eigenvalue weighted by Gasteiger charge is 2.49. The number of carbonyl (C=O) groups excluding carboxylic acids is 1. The van der Waals surface area contributed by atoms with Crippen LogP contribution in [-0.4, -0.2) is 34.6 Å². The van der Waals surface area contributed by atoms with Crippen LogP contribution in [0.5, 0.6) is 5.75 Å². The fraction of sp³-hybridized carbons (Fsp3) is 0.184. The van der Waals surface area contributed by atoms with Crippen molar-refractivity contribution in [1.82, 2.24) is 9.88 Å². The van der Waals surface area contributed by atoms with E-state index in [-0.39, 0.29) is 31.2 Å². The van der Waals surface area contributed by atoms with E-state index < -0.39 is 68.8 Å². The molecule has 1 heterocycles. The molecule has 0 spiro atoms. The Labute approximate surface area is 283 Å². The number of hydrogen-bond acceptors (Lipinski definition) is 6. The van der Waals surface area contributed by atoms with Crippen molar-refractivity contribution >= 4 is 17.6 Å². The number of carbonyl (C=O) groups is 2. The van der Waals surface area contributed by atoms with Gasteiger partial charge in [0.2, 0.25) is 0 Å². The average Bonchev–Trinajstić information content (AvgIpc) is 3.52. The van der Waals surface area contributed by atoms with Crippen LogP contribution in [0.4, 0.5) is 23.4 Å². The number of pyridine rings is 1. The number of ketones is 1. The molecule has 50 heavy (non-hydrogen) atoms. The van der Waals surface area contributed by atoms with Gasteiger partial charge in [-0.2, -0.15) is 0 Å². The number of aliphatic carboxylic acids is 1. The predicted octanol–water partition coefficient (Wildman–Crippen LogP) is 5.96. The van der Waals surface area contributed by atoms with E-state index >= 15 is 8.78 Å². The Morgan fingerprint density at radius 3 is 2.08 bits per heavy atom. The number of carboxylic acids is 1. The number of nitrogen functional groups attached to an aromatic ring is 1. The number of carboxylic acid groups (broad SMARTS) is 1. The highest BCUT2D eigenvalue weighted by atomic mass is 19.1. The molecule has 0 fully saturated rings. The molecule has 1 aliphatic rings. The van der Waals surface area contributed by atoms with Crippen molar-refractivity contribution in [2.75, 3.05) is 18.9 Å². The van der Waals surface area contributed by atoms with Gasteiger partial charge in [0.1, 0.15) is 34.4 Å². The smallest absolute Gasteiger partial charge is 0.328 e. The number of aromatic nitrogens is 1. The summed E-state index contributed by atoms with van der Waals surface area (Å²) in [4.78, 5) is 38.7. The number of halogens is 4. The van der Waals surface area contributed by atoms with Crippen LogP contribution in [-0.2, 0) is 23.2 Å². The zero-order valence-electron chi connectivity index (χ0n) is 26.5. The molecule has 256 valence electrons. The quantitative estimate of drug-likeness (QED) is 0.0842. The third-order valence-electron chi connectivity index (χ3n) is 8.99. The Morgan fingerprint density at radius 1 is 0.840 bits per heavy atom. The second-order valence-electron chi connectivity index (χ2n) is 12.0. The molecule has 4 N–H and O–H groups in total. The summed E-state index contributed by atoms with van der Waals surface area (Å²) in [6.45, 7) is 0.147. The predicted molar refractivity (Wildman–Crippen MR) is 177 cm³/mol. The molecule has 1 atom stereocenters. The van der Waals surface area contributed by atoms with Crippen LogP contribution in [0.3, 0.4) is 0 Å². The summed E-state index contributed by atoms with van der Waals surface area (Å²) >= 11 is 0. The Kier molecular flexibility index (Phi) is 9.56. The molecule has 8 nitrogen and oxygen atoms in total. The molecule has 4 aromatic carbocycles. The lowest BCUT2D eigenvalue weighted by Gasteiger charge is -2.37. The summed E-state index contributed by atoms with van der Waals surface area (Å²) in [5.74, 6) is -7.78. The summed E-state index contributed by atoms with van der Waals surface area (Å²) < 4.78 is 64.6. The summed E-state index contributed by atoms with van der Waals surface area (Å²) in [7, 11) is 0. The molecule has 1 aliphatic carbocycles. The number of nitrogens with two attached hydrogens (primary N) is 1. The van der Waals surface area contributed by atoms with E-state index in [0.29, 0.717) is 29.0 Å². The number of rotatable bonds is 12. The van der Waals surface area contributed by atoms with Gasteiger partial charge in [0.05, 0.1) is 17.7 Å². The number of hydrogen-bond donors (Lipinski definition) is 3. The largest absolute Gasteiger partial charge is 0.493 e. The van der Waals surface area contributed by atoms with Crippen LogP contribution in [0.2, 0.25) is 0 Å². The fourth-order valence-corrected chi connectivity index (χ4v) is 6.60. The number of benzene rings is 4. The van der Waals surface area contributed by atoms with E-state index in [0.717, 1.165) is 47.5 Å². The topological polar surface area (TPSA) is 124 Å². The van der Waals surface area contributed by atoms with Gasteiger partial charge >= 0.3 is 5.97 Å². The monoisotopic (exact) mass is 685 g/mol. The normalized spacial score (nSPS) is 13.8. The Morgan fingerprint density at radius 2 is 1.46 bits per heavy atom. The maximum absolute atomic E-state index is 15.4. The molecule has 6 rings (SSSR count). The number of nitrogens with one attached hydrogen (secondary N) is 1. The molecule has 12 heteroatoms. The third-order valence-corrected chi connectivity index (χ3v) is 8.99. The van der Waals surface area contributed by atoms with Crippen molar-refractivity contribution in [1.29, 1.82) is 0 Å². The summed E-state index contributed by atoms with van der Waals surface area (Å²) in [5.41, 5.74) is 4.57. The minimum atomic E-state index is -1.41. The number of fused-ring (bicyclic) bond motifs is 1. The molecule has 0 aliphatic heterocycles. The van der Waals surface area contributed by atoms with Gasteiger partial charge in [-0.25, -0.2) is 22.4 Å². The maximum Gasteiger partial charge on any atom is 0.328 e. The van der Waals surface area contributed by atoms with Crippen molar-refractivity contribution in [2.45, 2.75) is 24.8 Å². The van der Waals surface area contributed by atoms with Crippen molar-refractivity contribution in [3.05, 3.63) is 159 Å². The first-order chi connectivity index (χ1) is 24.0. The van der Waals surface area contributed by atoms with Gasteiger partial charge in [0.25, 0.3) is 5.56 Å². The first kappa shape index (κ1) is 34.1. The van der Waals surface area contributed by atoms with Crippen LogP contribution >= 0.6 is 0 Å². The van der Waals surface area contributed by atoms with Crippen molar-refractivity contribution in [2.24, 2.45) is 5.92 Å². The van der Waals surface area contributed by atoms with Crippen LogP contribution < -0.4 is 21.3 Å². The van der Waals surface area contributed by atoms with Gasteiger partial charge in [-0.15, -0.1) is 0 Å². The molecular formula is C38H31F4N3O5. The lowest BCUT2D eigenvalue weighted by atomic mass is 9.76. The average molecular weight is 686 g/mol. The van der Waals surface area contributed by atoms with Crippen molar-refractivity contribution in [3.63, 3.8) is 0 Å². The van der Waals surface area contributed by atoms with Gasteiger partial charge in [-0.1, -0.05) is 54.6 Å². The molecular weight excluding hydrogens is 654 g/mol. The molecule has 5 aromatic rings. The van der Waals surface area contributed by atoms with Crippen LogP contribution in [0.15, 0.2) is 102 Å². The molecule has 0 saturated heterocycles. The SMILES string of the molecule is Nc1c(C(=O)c2ccc(F)cc2F)ccc(=O)n1-c1c(F)cc(OCCCN[C@@](C(=O)O)(c2ccccc2)C2Cc3ccccc3C2)cc1F. The molecule has 0 bridgehead atoms. The number of nitrogens with zero attached hydrogens (tertiary/aromatic N) is 1. The highest BCUT2D eigenvalue weighted by Crippen LogP contribution is 2.40. The van der Waals surface area contributed by atoms with Gasteiger partial charge in [-0.05, 0) is 60.7 Å². The van der Waals surface area contributed by atoms with Crippen molar-refractivity contribution < 1.29 is 37.0 Å². The first-order valence-electron chi connectivity index (χ1n) is 15.8. The summed E-state index contributed by atoms with van der Waals surface area (Å²) in [6, 6.07) is 22.6. The molecule has 0 saturated carbocycles. The standard InChI is InChI=1S/C38H31F4N3O5/c39-26-11-12-28(30(40)19-26)35(47)29-13-14-33(46)45(36(29)43)34-31(41)20-27(21-32(34)42)50-16-6-15-44-38(37(48)49,24-9-2-1-3-10-24)25-17-22-7-4-5-8-23(22)18-25/h1-5,7-14,19-21,25,44H,6,15-18,43H2,(H,48,49)/t38-/m0/s1. The van der Waals surface area contributed by atoms with Crippen molar-refractivity contribution in [3.8, 4) is 11.4 Å². The Hall–Kier alpha value is -5.75. The summed E-state index contributed by atoms with van der Waals surface area (Å²) in [6.07, 6.45) is 1.40. The molecule has 1 aromatic heterocycles. The van der Waals surface area contributed by atoms with Crippen LogP contribution in [0.25, 0.3) is 5.69 Å². The zero-order valence-corrected chi connectivity index (χ0v) is 26.5. The Balaban J connectivity index is 1.18. The zero-order chi connectivity index (χ0) is 35.6. The van der Waals surface area contributed by atoms with E-state index in [4.69, 9.17) is 10.5 Å². The lowest BCUT2D eigenvalue weighted by molar-refractivity contribution is -0.148. The summed E-state index contributed by atoms with van der Waals surface area (Å²) in [5, 5.41) is 13.9. The maximum atomic E-state index is 15.4. The second-order valence-corrected chi connectivity index (χ2v) is 12.0. The van der Waals surface area contributed by atoms with Crippen LogP contribution in [0, 0.1) is 29.2 Å². The van der Waals surface area contributed by atoms with E-state index in [9.17, 15) is 28.3 Å². The molecule has 0 amide bonds. The molecule has 0 radical (unpaired) electrons. The lowest BCUT2D eigenvalue weighted by Crippen LogP contribution is -2.55. The van der Waals surface area contributed by atoms with Gasteiger partial charge in [0.15, 0.2) is 17.4 Å². The molecule has 0 unspecified atom stereocenters. The van der Waals surface area contributed by atoms with Gasteiger partial charge < -0.3 is 15.6 Å². The minimum absolute atomic E-state index is 0.0457. The first-order valence-corrected chi connectivity index (χ1v) is 15.8. The highest BCUT2D eigenvalue weighted by molar-refractivity contribution is 6.11. The van der Waals surface area contributed by atoms with Crippen LogP contribution in [0.1, 0.15) is 39.0 Å². The fourth-order valence-electron chi connectivity index (χ4n) is 6.60. The number of anilines is 1. The minimum Gasteiger partial charge on any atom is -0.493 e. The van der Waals surface area contributed by atoms with Gasteiger partial charge in [0, 0.05) is 30.2 Å². The van der Waals surface area contributed by atoms with E-state index in [1.807, 2.05) is 30.3 Å². The second kappa shape index (κ2) is 14.0. The van der Waals surface area contributed by atoms with E-state index in [1.54, 1.807) is 24.3 Å². The van der Waals surface area contributed by atoms with E-state index in [2.05, 4.69) is 5.32 Å². The van der Waals surface area contributed by atoms with E-state index in [1.165, 1.54) is 0 Å². The number of ether oxygens (including phenoxy) is 1. The Bertz CT molecular complexity index is 2110. The third kappa shape index (κ3) is 6.37.